The van der Waals surface area contributed by atoms with Gasteiger partial charge in [-0.2, -0.15) is 0 Å². The first-order valence-corrected chi connectivity index (χ1v) is 5.96. The standard InChI is InChI=1S/C11H13NO4S/c1-11(15-5-6-16-11)8-7-12-9(17-8)3-4-10(13)14-2/h3-4,7H,5-6H2,1-2H3. The minimum atomic E-state index is -0.699. The molecule has 2 heterocycles. The van der Waals surface area contributed by atoms with Crippen LogP contribution in [0.2, 0.25) is 0 Å². The summed E-state index contributed by atoms with van der Waals surface area (Å²) in [5, 5.41) is 0.714. The lowest BCUT2D eigenvalue weighted by Crippen LogP contribution is -2.20. The molecular weight excluding hydrogens is 242 g/mol. The van der Waals surface area contributed by atoms with E-state index < -0.39 is 11.8 Å². The number of esters is 1. The van der Waals surface area contributed by atoms with E-state index in [1.54, 1.807) is 12.3 Å². The highest BCUT2D eigenvalue weighted by Gasteiger charge is 2.34. The minimum Gasteiger partial charge on any atom is -0.466 e. The van der Waals surface area contributed by atoms with Crippen LogP contribution in [0.1, 0.15) is 16.8 Å². The Hall–Kier alpha value is -1.24. The van der Waals surface area contributed by atoms with E-state index in [4.69, 9.17) is 9.47 Å². The predicted octanol–water partition coefficient (Wildman–Crippen LogP) is 1.55. The van der Waals surface area contributed by atoms with E-state index in [0.717, 1.165) is 4.88 Å². The zero-order chi connectivity index (χ0) is 12.3. The monoisotopic (exact) mass is 255 g/mol. The van der Waals surface area contributed by atoms with Crippen LogP contribution in [0.15, 0.2) is 12.3 Å². The largest absolute Gasteiger partial charge is 0.466 e. The number of aromatic nitrogens is 1. The molecule has 1 aromatic heterocycles. The number of carbonyl (C=O) groups is 1. The number of ether oxygens (including phenoxy) is 3. The van der Waals surface area contributed by atoms with Crippen LogP contribution in [0, 0.1) is 0 Å². The zero-order valence-electron chi connectivity index (χ0n) is 9.63. The average molecular weight is 255 g/mol. The number of thiazole rings is 1. The molecule has 0 atom stereocenters. The van der Waals surface area contributed by atoms with Crippen LogP contribution in [0.3, 0.4) is 0 Å². The van der Waals surface area contributed by atoms with Gasteiger partial charge in [0, 0.05) is 12.3 Å². The lowest BCUT2D eigenvalue weighted by Gasteiger charge is -2.19. The van der Waals surface area contributed by atoms with E-state index in [0.29, 0.717) is 18.2 Å². The molecule has 0 unspecified atom stereocenters. The summed E-state index contributed by atoms with van der Waals surface area (Å²) in [5.74, 6) is -1.10. The third-order valence-electron chi connectivity index (χ3n) is 2.37. The van der Waals surface area contributed by atoms with Crippen LogP contribution in [0.4, 0.5) is 0 Å². The van der Waals surface area contributed by atoms with Gasteiger partial charge in [-0.3, -0.25) is 0 Å². The molecule has 0 amide bonds. The molecule has 0 saturated carbocycles. The summed E-state index contributed by atoms with van der Waals surface area (Å²) in [7, 11) is 1.33. The van der Waals surface area contributed by atoms with Gasteiger partial charge in [0.25, 0.3) is 0 Å². The number of hydrogen-bond acceptors (Lipinski definition) is 6. The van der Waals surface area contributed by atoms with E-state index in [-0.39, 0.29) is 0 Å². The molecule has 2 rings (SSSR count). The van der Waals surface area contributed by atoms with E-state index in [9.17, 15) is 4.79 Å². The Labute approximate surface area is 103 Å². The van der Waals surface area contributed by atoms with Crippen molar-refractivity contribution in [3.05, 3.63) is 22.2 Å². The number of hydrogen-bond donors (Lipinski definition) is 0. The van der Waals surface area contributed by atoms with E-state index in [2.05, 4.69) is 9.72 Å². The first-order valence-electron chi connectivity index (χ1n) is 5.14. The number of carbonyl (C=O) groups excluding carboxylic acids is 1. The second-order valence-electron chi connectivity index (χ2n) is 3.56. The van der Waals surface area contributed by atoms with Gasteiger partial charge in [-0.15, -0.1) is 11.3 Å². The fourth-order valence-electron chi connectivity index (χ4n) is 1.44. The molecule has 1 fully saturated rings. The van der Waals surface area contributed by atoms with Crippen molar-refractivity contribution in [1.29, 1.82) is 0 Å². The van der Waals surface area contributed by atoms with Crippen LogP contribution in [0.5, 0.6) is 0 Å². The molecule has 0 radical (unpaired) electrons. The van der Waals surface area contributed by atoms with Gasteiger partial charge in [0.1, 0.15) is 5.01 Å². The molecule has 1 aliphatic heterocycles. The Morgan fingerprint density at radius 1 is 1.59 bits per heavy atom. The van der Waals surface area contributed by atoms with Gasteiger partial charge in [0.15, 0.2) is 0 Å². The first kappa shape index (κ1) is 12.2. The third-order valence-corrected chi connectivity index (χ3v) is 3.52. The summed E-state index contributed by atoms with van der Waals surface area (Å²) >= 11 is 1.43. The second-order valence-corrected chi connectivity index (χ2v) is 4.62. The lowest BCUT2D eigenvalue weighted by atomic mass is 10.3. The van der Waals surface area contributed by atoms with E-state index in [1.807, 2.05) is 6.92 Å². The van der Waals surface area contributed by atoms with Crippen LogP contribution >= 0.6 is 11.3 Å². The second kappa shape index (κ2) is 4.95. The molecule has 1 aliphatic rings. The molecule has 0 spiro atoms. The van der Waals surface area contributed by atoms with Gasteiger partial charge in [-0.05, 0) is 13.0 Å². The molecule has 1 saturated heterocycles. The fourth-order valence-corrected chi connectivity index (χ4v) is 2.31. The fraction of sp³-hybridized carbons (Fsp3) is 0.455. The van der Waals surface area contributed by atoms with Crippen LogP contribution in [0.25, 0.3) is 6.08 Å². The highest BCUT2D eigenvalue weighted by Crippen LogP contribution is 2.34. The van der Waals surface area contributed by atoms with Crippen LogP contribution in [-0.2, 0) is 24.8 Å². The van der Waals surface area contributed by atoms with Crippen molar-refractivity contribution >= 4 is 23.4 Å². The molecule has 1 aromatic rings. The van der Waals surface area contributed by atoms with Crippen molar-refractivity contribution in [1.82, 2.24) is 4.98 Å². The van der Waals surface area contributed by atoms with Crippen LogP contribution in [-0.4, -0.2) is 31.3 Å². The molecule has 0 bridgehead atoms. The quantitative estimate of drug-likeness (QED) is 0.606. The summed E-state index contributed by atoms with van der Waals surface area (Å²) in [4.78, 5) is 16.0. The smallest absolute Gasteiger partial charge is 0.330 e. The molecule has 92 valence electrons. The summed E-state index contributed by atoms with van der Waals surface area (Å²) < 4.78 is 15.5. The third kappa shape index (κ3) is 2.71. The summed E-state index contributed by atoms with van der Waals surface area (Å²) in [6, 6.07) is 0. The van der Waals surface area contributed by atoms with E-state index in [1.165, 1.54) is 24.5 Å². The zero-order valence-corrected chi connectivity index (χ0v) is 10.5. The van der Waals surface area contributed by atoms with E-state index >= 15 is 0 Å². The number of rotatable bonds is 3. The average Bonchev–Trinajstić information content (AvgIpc) is 2.95. The summed E-state index contributed by atoms with van der Waals surface area (Å²) in [5.41, 5.74) is 0. The van der Waals surface area contributed by atoms with Crippen molar-refractivity contribution in [2.24, 2.45) is 0 Å². The maximum Gasteiger partial charge on any atom is 0.330 e. The maximum atomic E-state index is 10.9. The van der Waals surface area contributed by atoms with Crippen molar-refractivity contribution in [2.45, 2.75) is 12.7 Å². The highest BCUT2D eigenvalue weighted by atomic mass is 32.1. The minimum absolute atomic E-state index is 0.402. The number of methoxy groups -OCH3 is 1. The normalized spacial score (nSPS) is 18.7. The molecule has 0 aliphatic carbocycles. The van der Waals surface area contributed by atoms with Gasteiger partial charge < -0.3 is 14.2 Å². The molecule has 5 nitrogen and oxygen atoms in total. The van der Waals surface area contributed by atoms with Crippen molar-refractivity contribution in [2.75, 3.05) is 20.3 Å². The highest BCUT2D eigenvalue weighted by molar-refractivity contribution is 7.12. The number of nitrogens with zero attached hydrogens (tertiary/aromatic N) is 1. The van der Waals surface area contributed by atoms with Crippen molar-refractivity contribution in [3.63, 3.8) is 0 Å². The molecule has 17 heavy (non-hydrogen) atoms. The Morgan fingerprint density at radius 2 is 2.29 bits per heavy atom. The van der Waals surface area contributed by atoms with Crippen molar-refractivity contribution in [3.8, 4) is 0 Å². The Bertz CT molecular complexity index is 434. The molecule has 6 heteroatoms. The molecule has 0 aromatic carbocycles. The van der Waals surface area contributed by atoms with Gasteiger partial charge in [-0.1, -0.05) is 0 Å². The van der Waals surface area contributed by atoms with Gasteiger partial charge in [0.05, 0.1) is 25.2 Å². The Kier molecular flexibility index (Phi) is 3.56. The molecular formula is C11H13NO4S. The summed E-state index contributed by atoms with van der Waals surface area (Å²) in [6.45, 7) is 3.03. The van der Waals surface area contributed by atoms with Gasteiger partial charge >= 0.3 is 5.97 Å². The van der Waals surface area contributed by atoms with Crippen LogP contribution < -0.4 is 0 Å². The molecule has 0 N–H and O–H groups in total. The topological polar surface area (TPSA) is 57.7 Å². The summed E-state index contributed by atoms with van der Waals surface area (Å²) in [6.07, 6.45) is 4.65. The SMILES string of the molecule is COC(=O)C=Cc1ncc(C2(C)OCCO2)s1. The van der Waals surface area contributed by atoms with Gasteiger partial charge in [0.2, 0.25) is 5.79 Å². The van der Waals surface area contributed by atoms with Gasteiger partial charge in [-0.25, -0.2) is 9.78 Å². The predicted molar refractivity (Wildman–Crippen MR) is 62.4 cm³/mol. The Morgan fingerprint density at radius 3 is 2.94 bits per heavy atom. The lowest BCUT2D eigenvalue weighted by molar-refractivity contribution is -0.147. The van der Waals surface area contributed by atoms with Crippen molar-refractivity contribution < 1.29 is 19.0 Å². The maximum absolute atomic E-state index is 10.9. The Balaban J connectivity index is 2.10. The first-order chi connectivity index (χ1) is 8.14.